The summed E-state index contributed by atoms with van der Waals surface area (Å²) in [4.78, 5) is 31.2. The molecule has 0 spiro atoms. The number of benzene rings is 2. The highest BCUT2D eigenvalue weighted by molar-refractivity contribution is 6.06. The molecule has 1 amide bonds. The second-order valence-electron chi connectivity index (χ2n) is 10.8. The van der Waals surface area contributed by atoms with Crippen molar-refractivity contribution in [2.45, 2.75) is 39.3 Å². The van der Waals surface area contributed by atoms with Crippen molar-refractivity contribution < 1.29 is 37.3 Å². The summed E-state index contributed by atoms with van der Waals surface area (Å²) in [5.74, 6) is -0.460. The largest absolute Gasteiger partial charge is 0.493 e. The van der Waals surface area contributed by atoms with Crippen molar-refractivity contribution in [3.05, 3.63) is 94.6 Å². The maximum atomic E-state index is 15.5. The number of pyridine rings is 2. The number of halogens is 2. The Morgan fingerprint density at radius 3 is 2.59 bits per heavy atom. The topological polar surface area (TPSA) is 110 Å². The van der Waals surface area contributed by atoms with Crippen molar-refractivity contribution >= 4 is 22.5 Å². The number of nitrogens with one attached hydrogen (secondary N) is 1. The molecule has 2 aliphatic rings. The molecule has 46 heavy (non-hydrogen) atoms. The van der Waals surface area contributed by atoms with Gasteiger partial charge in [-0.15, -0.1) is 0 Å². The van der Waals surface area contributed by atoms with Crippen LogP contribution in [0, 0.1) is 5.82 Å². The first kappa shape index (κ1) is 30.6. The van der Waals surface area contributed by atoms with E-state index >= 15 is 4.39 Å². The van der Waals surface area contributed by atoms with E-state index in [4.69, 9.17) is 23.7 Å². The zero-order valence-electron chi connectivity index (χ0n) is 25.3. The molecule has 1 aliphatic carbocycles. The molecular weight excluding hydrogens is 600 g/mol. The van der Waals surface area contributed by atoms with Crippen molar-refractivity contribution in [2.24, 2.45) is 0 Å². The van der Waals surface area contributed by atoms with Crippen molar-refractivity contribution in [3.8, 4) is 34.5 Å². The zero-order chi connectivity index (χ0) is 32.4. The summed E-state index contributed by atoms with van der Waals surface area (Å²) in [6.45, 7) is 6.35. The molecule has 0 saturated carbocycles. The van der Waals surface area contributed by atoms with Gasteiger partial charge in [0.25, 0.3) is 11.5 Å². The fourth-order valence-corrected chi connectivity index (χ4v) is 5.24. The number of ether oxygens (including phenoxy) is 5. The molecule has 12 heteroatoms. The normalized spacial score (nSPS) is 15.4. The van der Waals surface area contributed by atoms with Crippen molar-refractivity contribution in [2.75, 3.05) is 25.1 Å². The maximum Gasteiger partial charge on any atom is 0.267 e. The quantitative estimate of drug-likeness (QED) is 0.213. The van der Waals surface area contributed by atoms with Gasteiger partial charge in [0.2, 0.25) is 5.75 Å². The number of carbonyl (C=O) groups excluding carboxylic acids is 1. The van der Waals surface area contributed by atoms with Gasteiger partial charge < -0.3 is 33.6 Å². The lowest BCUT2D eigenvalue weighted by Gasteiger charge is -2.24. The summed E-state index contributed by atoms with van der Waals surface area (Å²) in [7, 11) is 0. The van der Waals surface area contributed by atoms with Crippen LogP contribution in [0.2, 0.25) is 0 Å². The average molecular weight is 632 g/mol. The van der Waals surface area contributed by atoms with Crippen LogP contribution in [0.15, 0.2) is 77.6 Å². The molecule has 1 atom stereocenters. The van der Waals surface area contributed by atoms with Crippen molar-refractivity contribution in [1.29, 1.82) is 0 Å². The molecule has 2 aromatic carbocycles. The maximum absolute atomic E-state index is 15.5. The van der Waals surface area contributed by atoms with Gasteiger partial charge in [0.05, 0.1) is 29.7 Å². The molecule has 6 rings (SSSR count). The van der Waals surface area contributed by atoms with Crippen LogP contribution in [0.1, 0.15) is 43.6 Å². The van der Waals surface area contributed by atoms with Crippen LogP contribution in [0.4, 0.5) is 14.5 Å². The van der Waals surface area contributed by atoms with Crippen LogP contribution < -0.4 is 34.6 Å². The molecule has 4 aromatic rings. The Morgan fingerprint density at radius 1 is 1.07 bits per heavy atom. The zero-order valence-corrected chi connectivity index (χ0v) is 25.3. The first-order valence-electron chi connectivity index (χ1n) is 14.8. The number of aromatic nitrogens is 2. The molecule has 10 nitrogen and oxygen atoms in total. The number of anilines is 1. The molecule has 238 valence electrons. The van der Waals surface area contributed by atoms with E-state index in [1.807, 2.05) is 13.8 Å². The van der Waals surface area contributed by atoms with Crippen LogP contribution in [-0.4, -0.2) is 41.4 Å². The van der Waals surface area contributed by atoms with Crippen LogP contribution in [0.25, 0.3) is 10.9 Å². The third kappa shape index (κ3) is 6.10. The summed E-state index contributed by atoms with van der Waals surface area (Å²) in [5.41, 5.74) is -0.302. The summed E-state index contributed by atoms with van der Waals surface area (Å²) in [5, 5.41) is 3.07. The van der Waals surface area contributed by atoms with Crippen LogP contribution in [0.3, 0.4) is 0 Å². The number of hydrogen-bond donors (Lipinski definition) is 1. The Kier molecular flexibility index (Phi) is 8.60. The van der Waals surface area contributed by atoms with Gasteiger partial charge in [-0.05, 0) is 63.6 Å². The summed E-state index contributed by atoms with van der Waals surface area (Å²) >= 11 is 0. The predicted molar refractivity (Wildman–Crippen MR) is 167 cm³/mol. The highest BCUT2D eigenvalue weighted by Crippen LogP contribution is 2.48. The third-order valence-electron chi connectivity index (χ3n) is 7.21. The van der Waals surface area contributed by atoms with Crippen LogP contribution in [-0.2, 0) is 0 Å². The van der Waals surface area contributed by atoms with Crippen LogP contribution in [0.5, 0.6) is 34.5 Å². The number of hydrogen-bond acceptors (Lipinski definition) is 8. The van der Waals surface area contributed by atoms with Gasteiger partial charge in [-0.2, -0.15) is 0 Å². The Balaban J connectivity index is 1.28. The fraction of sp³-hybridized carbons (Fsp3) is 0.265. The number of rotatable bonds is 9. The first-order valence-corrected chi connectivity index (χ1v) is 14.8. The highest BCUT2D eigenvalue weighted by Gasteiger charge is 2.26. The summed E-state index contributed by atoms with van der Waals surface area (Å²) in [6, 6.07) is 8.21. The number of carbonyl (C=O) groups is 1. The Morgan fingerprint density at radius 2 is 1.87 bits per heavy atom. The fourth-order valence-electron chi connectivity index (χ4n) is 5.24. The minimum atomic E-state index is -0.791. The van der Waals surface area contributed by atoms with E-state index in [9.17, 15) is 14.0 Å². The molecule has 3 heterocycles. The smallest absolute Gasteiger partial charge is 0.267 e. The van der Waals surface area contributed by atoms with Gasteiger partial charge in [-0.3, -0.25) is 14.6 Å². The second-order valence-corrected chi connectivity index (χ2v) is 10.8. The first-order chi connectivity index (χ1) is 22.2. The van der Waals surface area contributed by atoms with Gasteiger partial charge >= 0.3 is 0 Å². The Labute approximate surface area is 262 Å². The molecule has 1 N–H and O–H groups in total. The van der Waals surface area contributed by atoms with Gasteiger partial charge in [0, 0.05) is 30.2 Å². The van der Waals surface area contributed by atoms with Gasteiger partial charge in [-0.1, -0.05) is 6.08 Å². The molecule has 0 radical (unpaired) electrons. The molecule has 0 fully saturated rings. The van der Waals surface area contributed by atoms with E-state index in [0.717, 1.165) is 6.07 Å². The Bertz CT molecular complexity index is 1940. The molecule has 0 bridgehead atoms. The summed E-state index contributed by atoms with van der Waals surface area (Å²) in [6.07, 6.45) is 7.33. The summed E-state index contributed by atoms with van der Waals surface area (Å²) < 4.78 is 59.6. The molecular formula is C34H31F2N3O7. The molecule has 2 aromatic heterocycles. The lowest BCUT2D eigenvalue weighted by molar-refractivity contribution is 0.102. The van der Waals surface area contributed by atoms with E-state index in [-0.39, 0.29) is 47.6 Å². The van der Waals surface area contributed by atoms with Crippen molar-refractivity contribution in [3.63, 3.8) is 0 Å². The van der Waals surface area contributed by atoms with Gasteiger partial charge in [0.1, 0.15) is 36.1 Å². The van der Waals surface area contributed by atoms with Gasteiger partial charge in [-0.25, -0.2) is 8.78 Å². The molecule has 1 unspecified atom stereocenters. The monoisotopic (exact) mass is 631 g/mol. The van der Waals surface area contributed by atoms with Crippen LogP contribution >= 0.6 is 0 Å². The number of fused-ring (bicyclic) bond motifs is 3. The lowest BCUT2D eigenvalue weighted by atomic mass is 10.1. The van der Waals surface area contributed by atoms with Gasteiger partial charge in [0.15, 0.2) is 23.1 Å². The molecule has 1 aliphatic heterocycles. The minimum Gasteiger partial charge on any atom is -0.493 e. The van der Waals surface area contributed by atoms with E-state index in [2.05, 4.69) is 10.3 Å². The standard InChI is InChI=1S/C34H31F2N3O7/c1-4-42-26-12-14-39(22-8-5-20(35)6-9-22)34(41)30(26)33(40)38-21-7-10-25(23(36)17-21)46-27-11-13-37-24-18-28(45-19(2)3)31-32(29(24)27)44-16-15-43-31/h5-8,10-14,17-19,22H,4,9,15-16H2,1-3H3,(H,38,40). The van der Waals surface area contributed by atoms with Crippen molar-refractivity contribution in [1.82, 2.24) is 9.55 Å². The SMILES string of the molecule is CCOc1ccn(C2C=CC(F)=CC2)c(=O)c1C(=O)Nc1ccc(Oc2ccnc3cc(OC(C)C)c4c(c23)OCCO4)c(F)c1. The molecule has 0 saturated heterocycles. The minimum absolute atomic E-state index is 0.0734. The Hall–Kier alpha value is -5.39. The van der Waals surface area contributed by atoms with E-state index < -0.39 is 29.2 Å². The highest BCUT2D eigenvalue weighted by atomic mass is 19.1. The average Bonchev–Trinajstić information content (AvgIpc) is 3.03. The number of allylic oxidation sites excluding steroid dienone is 4. The lowest BCUT2D eigenvalue weighted by Crippen LogP contribution is -2.32. The van der Waals surface area contributed by atoms with E-state index in [0.29, 0.717) is 41.4 Å². The van der Waals surface area contributed by atoms with E-state index in [1.54, 1.807) is 25.1 Å². The number of amides is 1. The van der Waals surface area contributed by atoms with E-state index in [1.165, 1.54) is 47.3 Å². The third-order valence-corrected chi connectivity index (χ3v) is 7.21. The predicted octanol–water partition coefficient (Wildman–Crippen LogP) is 6.89. The number of nitrogens with zero attached hydrogens (tertiary/aromatic N) is 2. The second kappa shape index (κ2) is 12.9.